The van der Waals surface area contributed by atoms with Gasteiger partial charge in [-0.25, -0.2) is 0 Å². The zero-order valence-corrected chi connectivity index (χ0v) is 12.5. The average molecular weight is 300 g/mol. The second kappa shape index (κ2) is 5.54. The number of benzene rings is 2. The van der Waals surface area contributed by atoms with Crippen LogP contribution in [-0.4, -0.2) is 20.2 Å². The first-order chi connectivity index (χ1) is 10.1. The maximum absolute atomic E-state index is 5.90. The lowest BCUT2D eigenvalue weighted by molar-refractivity contribution is 0.791. The fraction of sp³-hybridized carbons (Fsp3) is 0.133. The van der Waals surface area contributed by atoms with Gasteiger partial charge in [-0.2, -0.15) is 4.68 Å². The molecule has 0 unspecified atom stereocenters. The number of hydrogen-bond donors (Lipinski definition) is 1. The van der Waals surface area contributed by atoms with Crippen LogP contribution in [0.5, 0.6) is 0 Å². The van der Waals surface area contributed by atoms with Gasteiger partial charge in [0.1, 0.15) is 0 Å². The molecule has 106 valence electrons. The minimum Gasteiger partial charge on any atom is -0.322 e. The highest BCUT2D eigenvalue weighted by Gasteiger charge is 2.09. The molecule has 1 aromatic heterocycles. The quantitative estimate of drug-likeness (QED) is 0.801. The lowest BCUT2D eigenvalue weighted by Crippen LogP contribution is -2.04. The third-order valence-corrected chi connectivity index (χ3v) is 3.42. The molecule has 0 radical (unpaired) electrons. The van der Waals surface area contributed by atoms with Gasteiger partial charge in [0.2, 0.25) is 0 Å². The van der Waals surface area contributed by atoms with Crippen molar-refractivity contribution < 1.29 is 0 Å². The Balaban J connectivity index is 1.94. The van der Waals surface area contributed by atoms with Crippen LogP contribution in [0, 0.1) is 13.8 Å². The van der Waals surface area contributed by atoms with E-state index in [1.807, 2.05) is 31.2 Å². The molecule has 5 nitrogen and oxygen atoms in total. The number of hydrogen-bond acceptors (Lipinski definition) is 4. The van der Waals surface area contributed by atoms with Crippen LogP contribution in [-0.2, 0) is 0 Å². The largest absolute Gasteiger partial charge is 0.322 e. The summed E-state index contributed by atoms with van der Waals surface area (Å²) in [5.74, 6) is 0.560. The SMILES string of the molecule is Cc1ccc(Nc2nnnn2-c2ccc(Cl)cc2)c(C)c1. The predicted molar refractivity (Wildman–Crippen MR) is 83.4 cm³/mol. The summed E-state index contributed by atoms with van der Waals surface area (Å²) in [5, 5.41) is 15.7. The molecule has 0 spiro atoms. The Morgan fingerprint density at radius 1 is 1.05 bits per heavy atom. The lowest BCUT2D eigenvalue weighted by Gasteiger charge is -2.10. The third kappa shape index (κ3) is 2.87. The number of aromatic nitrogens is 4. The summed E-state index contributed by atoms with van der Waals surface area (Å²) in [4.78, 5) is 0. The van der Waals surface area contributed by atoms with Crippen LogP contribution >= 0.6 is 11.6 Å². The Labute approximate surface area is 127 Å². The van der Waals surface area contributed by atoms with E-state index in [0.717, 1.165) is 16.9 Å². The number of tetrazole rings is 1. The number of aryl methyl sites for hydroxylation is 2. The van der Waals surface area contributed by atoms with Crippen molar-refractivity contribution in [2.24, 2.45) is 0 Å². The van der Waals surface area contributed by atoms with Gasteiger partial charge in [-0.1, -0.05) is 34.4 Å². The molecule has 0 aliphatic rings. The molecule has 0 atom stereocenters. The van der Waals surface area contributed by atoms with Crippen molar-refractivity contribution >= 4 is 23.2 Å². The van der Waals surface area contributed by atoms with Gasteiger partial charge < -0.3 is 5.32 Å². The summed E-state index contributed by atoms with van der Waals surface area (Å²) in [6.45, 7) is 4.11. The summed E-state index contributed by atoms with van der Waals surface area (Å²) in [7, 11) is 0. The monoisotopic (exact) mass is 299 g/mol. The Kier molecular flexibility index (Phi) is 3.58. The van der Waals surface area contributed by atoms with E-state index in [1.165, 1.54) is 5.56 Å². The van der Waals surface area contributed by atoms with Crippen LogP contribution in [0.25, 0.3) is 5.69 Å². The smallest absolute Gasteiger partial charge is 0.252 e. The maximum Gasteiger partial charge on any atom is 0.252 e. The zero-order chi connectivity index (χ0) is 14.8. The van der Waals surface area contributed by atoms with Gasteiger partial charge in [-0.05, 0) is 60.2 Å². The highest BCUT2D eigenvalue weighted by Crippen LogP contribution is 2.22. The first kappa shape index (κ1) is 13.6. The van der Waals surface area contributed by atoms with Gasteiger partial charge in [0, 0.05) is 10.7 Å². The third-order valence-electron chi connectivity index (χ3n) is 3.17. The van der Waals surface area contributed by atoms with Crippen molar-refractivity contribution in [1.29, 1.82) is 0 Å². The highest BCUT2D eigenvalue weighted by atomic mass is 35.5. The molecular weight excluding hydrogens is 286 g/mol. The molecule has 21 heavy (non-hydrogen) atoms. The molecule has 0 saturated heterocycles. The van der Waals surface area contributed by atoms with Crippen molar-refractivity contribution in [1.82, 2.24) is 20.2 Å². The van der Waals surface area contributed by atoms with Crippen LogP contribution in [0.4, 0.5) is 11.6 Å². The average Bonchev–Trinajstić information content (AvgIpc) is 2.91. The minimum absolute atomic E-state index is 0.560. The molecule has 3 aromatic rings. The molecule has 1 N–H and O–H groups in total. The van der Waals surface area contributed by atoms with E-state index in [9.17, 15) is 0 Å². The van der Waals surface area contributed by atoms with Crippen LogP contribution in [0.1, 0.15) is 11.1 Å². The molecule has 0 aliphatic carbocycles. The Morgan fingerprint density at radius 2 is 1.81 bits per heavy atom. The Morgan fingerprint density at radius 3 is 2.52 bits per heavy atom. The van der Waals surface area contributed by atoms with Crippen molar-refractivity contribution in [3.63, 3.8) is 0 Å². The fourth-order valence-corrected chi connectivity index (χ4v) is 2.22. The summed E-state index contributed by atoms with van der Waals surface area (Å²) in [5.41, 5.74) is 4.18. The van der Waals surface area contributed by atoms with Crippen molar-refractivity contribution in [2.75, 3.05) is 5.32 Å². The molecular formula is C15H14ClN5. The van der Waals surface area contributed by atoms with Gasteiger partial charge in [0.05, 0.1) is 5.69 Å². The molecule has 0 aliphatic heterocycles. The zero-order valence-electron chi connectivity index (χ0n) is 11.7. The number of nitrogens with zero attached hydrogens (tertiary/aromatic N) is 4. The van der Waals surface area contributed by atoms with E-state index in [1.54, 1.807) is 16.8 Å². The van der Waals surface area contributed by atoms with E-state index < -0.39 is 0 Å². The predicted octanol–water partition coefficient (Wildman–Crippen LogP) is 3.68. The summed E-state index contributed by atoms with van der Waals surface area (Å²) < 4.78 is 1.63. The second-order valence-corrected chi connectivity index (χ2v) is 5.27. The van der Waals surface area contributed by atoms with E-state index in [2.05, 4.69) is 33.8 Å². The maximum atomic E-state index is 5.90. The number of rotatable bonds is 3. The normalized spacial score (nSPS) is 10.6. The van der Waals surface area contributed by atoms with Gasteiger partial charge in [0.25, 0.3) is 5.95 Å². The van der Waals surface area contributed by atoms with Crippen LogP contribution in [0.2, 0.25) is 5.02 Å². The molecule has 0 fully saturated rings. The highest BCUT2D eigenvalue weighted by molar-refractivity contribution is 6.30. The van der Waals surface area contributed by atoms with E-state index in [4.69, 9.17) is 11.6 Å². The fourth-order valence-electron chi connectivity index (χ4n) is 2.10. The number of nitrogens with one attached hydrogen (secondary N) is 1. The van der Waals surface area contributed by atoms with Crippen LogP contribution in [0.3, 0.4) is 0 Å². The molecule has 0 bridgehead atoms. The van der Waals surface area contributed by atoms with E-state index in [0.29, 0.717) is 11.0 Å². The summed E-state index contributed by atoms with van der Waals surface area (Å²) in [6, 6.07) is 13.5. The van der Waals surface area contributed by atoms with E-state index >= 15 is 0 Å². The van der Waals surface area contributed by atoms with Crippen molar-refractivity contribution in [2.45, 2.75) is 13.8 Å². The van der Waals surface area contributed by atoms with Crippen molar-refractivity contribution in [3.05, 3.63) is 58.6 Å². The summed E-state index contributed by atoms with van der Waals surface area (Å²) in [6.07, 6.45) is 0. The van der Waals surface area contributed by atoms with Gasteiger partial charge in [-0.3, -0.25) is 0 Å². The Hall–Kier alpha value is -2.40. The number of anilines is 2. The second-order valence-electron chi connectivity index (χ2n) is 4.83. The molecule has 2 aromatic carbocycles. The topological polar surface area (TPSA) is 55.6 Å². The number of halogens is 1. The van der Waals surface area contributed by atoms with E-state index in [-0.39, 0.29) is 0 Å². The van der Waals surface area contributed by atoms with Crippen LogP contribution in [0.15, 0.2) is 42.5 Å². The minimum atomic E-state index is 0.560. The van der Waals surface area contributed by atoms with Gasteiger partial charge in [-0.15, -0.1) is 0 Å². The molecule has 1 heterocycles. The molecule has 6 heteroatoms. The Bertz CT molecular complexity index is 764. The molecule has 3 rings (SSSR count). The standard InChI is InChI=1S/C15H14ClN5/c1-10-3-8-14(11(2)9-10)17-15-18-19-20-21(15)13-6-4-12(16)5-7-13/h3-9H,1-2H3,(H,17,18,20). The van der Waals surface area contributed by atoms with Gasteiger partial charge in [0.15, 0.2) is 0 Å². The first-order valence-electron chi connectivity index (χ1n) is 6.52. The van der Waals surface area contributed by atoms with Gasteiger partial charge >= 0.3 is 0 Å². The molecule has 0 saturated carbocycles. The first-order valence-corrected chi connectivity index (χ1v) is 6.90. The summed E-state index contributed by atoms with van der Waals surface area (Å²) >= 11 is 5.90. The van der Waals surface area contributed by atoms with Crippen molar-refractivity contribution in [3.8, 4) is 5.69 Å². The molecule has 0 amide bonds. The van der Waals surface area contributed by atoms with Crippen LogP contribution < -0.4 is 5.32 Å². The lowest BCUT2D eigenvalue weighted by atomic mass is 10.1.